The molecule has 0 atom stereocenters. The van der Waals surface area contributed by atoms with Crippen LogP contribution in [-0.2, 0) is 41.4 Å². The maximum Gasteiger partial charge on any atom is 0.156 e. The molecule has 2 heterocycles. The Morgan fingerprint density at radius 3 is 1.51 bits per heavy atom. The van der Waals surface area contributed by atoms with Crippen molar-refractivity contribution in [3.63, 3.8) is 0 Å². The Morgan fingerprint density at radius 1 is 0.494 bits per heavy atom. The SMILES string of the molecule is CC(C)(C)c1ccc(C(c2ccc(OCCCNCc3ccc(OCc4cn(Cc5ccc(C#Cn6c(-c7ccccc7O)nc(-c7ccccc7)c6-c6ccccc6)cc5)nn4)cc3)cc2)(c2ccc(C(C)(C)C)cc2)c2ccc(C(C)(C)C)cc2)cc1. The van der Waals surface area contributed by atoms with Gasteiger partial charge in [0.15, 0.2) is 5.82 Å². The van der Waals surface area contributed by atoms with Crippen LogP contribution in [0.1, 0.15) is 130 Å². The summed E-state index contributed by atoms with van der Waals surface area (Å²) < 4.78 is 16.3. The van der Waals surface area contributed by atoms with E-state index in [1.165, 1.54) is 44.5 Å². The van der Waals surface area contributed by atoms with Gasteiger partial charge in [0.05, 0.1) is 41.7 Å². The Bertz CT molecular complexity index is 4040. The zero-order chi connectivity index (χ0) is 62.2. The molecule has 89 heavy (non-hydrogen) atoms. The van der Waals surface area contributed by atoms with Crippen LogP contribution in [0.5, 0.6) is 17.2 Å². The molecule has 0 saturated heterocycles. The fraction of sp³-hybridized carbons (Fsp3) is 0.237. The average Bonchev–Trinajstić information content (AvgIpc) is 1.12. The summed E-state index contributed by atoms with van der Waals surface area (Å²) in [6.45, 7) is 23.5. The van der Waals surface area contributed by atoms with Crippen LogP contribution in [0, 0.1) is 12.0 Å². The van der Waals surface area contributed by atoms with Crippen molar-refractivity contribution in [1.82, 2.24) is 29.9 Å². The van der Waals surface area contributed by atoms with Crippen LogP contribution >= 0.6 is 0 Å². The number of phenols is 1. The van der Waals surface area contributed by atoms with Crippen LogP contribution < -0.4 is 14.8 Å². The lowest BCUT2D eigenvalue weighted by molar-refractivity contribution is 0.301. The van der Waals surface area contributed by atoms with Crippen LogP contribution in [0.2, 0.25) is 0 Å². The van der Waals surface area contributed by atoms with E-state index in [9.17, 15) is 5.11 Å². The third-order valence-corrected chi connectivity index (χ3v) is 16.6. The summed E-state index contributed by atoms with van der Waals surface area (Å²) in [7, 11) is 0. The Morgan fingerprint density at radius 2 is 0.966 bits per heavy atom. The number of aromatic nitrogens is 5. The molecule has 0 fully saturated rings. The van der Waals surface area contributed by atoms with Crippen LogP contribution in [-0.4, -0.2) is 42.8 Å². The van der Waals surface area contributed by atoms with E-state index in [4.69, 9.17) is 14.5 Å². The Hall–Kier alpha value is -9.75. The molecule has 448 valence electrons. The highest BCUT2D eigenvalue weighted by molar-refractivity contribution is 5.84. The minimum Gasteiger partial charge on any atom is -0.507 e. The molecule has 0 aliphatic carbocycles. The van der Waals surface area contributed by atoms with Gasteiger partial charge in [-0.25, -0.2) is 14.2 Å². The van der Waals surface area contributed by atoms with Gasteiger partial charge in [0, 0.05) is 29.3 Å². The summed E-state index contributed by atoms with van der Waals surface area (Å²) in [6, 6.07) is 83.9. The highest BCUT2D eigenvalue weighted by Gasteiger charge is 2.39. The van der Waals surface area contributed by atoms with Gasteiger partial charge in [0.25, 0.3) is 0 Å². The van der Waals surface area contributed by atoms with Gasteiger partial charge in [0.2, 0.25) is 0 Å². The third kappa shape index (κ3) is 14.2. The topological polar surface area (TPSA) is 99.2 Å². The molecular formula is C80H80N6O3. The second kappa shape index (κ2) is 26.3. The number of nitrogens with zero attached hydrogens (tertiary/aromatic N) is 5. The molecule has 9 nitrogen and oxygen atoms in total. The van der Waals surface area contributed by atoms with Gasteiger partial charge in [-0.15, -0.1) is 5.10 Å². The lowest BCUT2D eigenvalue weighted by Crippen LogP contribution is -2.31. The molecule has 9 heteroatoms. The van der Waals surface area contributed by atoms with Gasteiger partial charge in [-0.05, 0) is 134 Å². The van der Waals surface area contributed by atoms with Crippen molar-refractivity contribution in [1.29, 1.82) is 0 Å². The minimum atomic E-state index is -0.579. The largest absolute Gasteiger partial charge is 0.507 e. The fourth-order valence-corrected chi connectivity index (χ4v) is 11.5. The monoisotopic (exact) mass is 1170 g/mol. The quantitative estimate of drug-likeness (QED) is 0.0473. The van der Waals surface area contributed by atoms with Crippen LogP contribution in [0.3, 0.4) is 0 Å². The first-order chi connectivity index (χ1) is 42.9. The standard InChI is InChI=1S/C80H80N6O3/c1-77(2,3)62-31-37-65(38-32-62)80(66-39-33-63(34-40-66)78(4,5)6,67-41-35-64(36-42-67)79(7,8)9)68-43-47-70(48-44-68)88-52-18-50-81-53-58-29-45-71(46-30-58)89-56-69-55-85(84-83-69)54-59-27-25-57(26-28-59)49-51-86-75(61-21-14-11-15-22-61)74(60-19-12-10-13-20-60)82-76(86)72-23-16-17-24-73(72)87/h10-17,19-48,55,81,87H,18,50,52-54,56H2,1-9H3. The van der Waals surface area contributed by atoms with Crippen molar-refractivity contribution in [2.24, 2.45) is 0 Å². The van der Waals surface area contributed by atoms with Gasteiger partial charge in [-0.3, -0.25) is 0 Å². The lowest BCUT2D eigenvalue weighted by Gasteiger charge is -2.38. The van der Waals surface area contributed by atoms with Crippen molar-refractivity contribution in [2.75, 3.05) is 13.2 Å². The normalized spacial score (nSPS) is 11.9. The molecular weight excluding hydrogens is 1090 g/mol. The summed E-state index contributed by atoms with van der Waals surface area (Å²) in [5.41, 5.74) is 16.3. The molecule has 0 amide bonds. The van der Waals surface area contributed by atoms with Gasteiger partial charge >= 0.3 is 0 Å². The van der Waals surface area contributed by atoms with Gasteiger partial charge in [-0.2, -0.15) is 0 Å². The predicted octanol–water partition coefficient (Wildman–Crippen LogP) is 17.5. The Labute approximate surface area is 526 Å². The average molecular weight is 1170 g/mol. The number of para-hydroxylation sites is 1. The molecule has 11 aromatic rings. The fourth-order valence-electron chi connectivity index (χ4n) is 11.5. The van der Waals surface area contributed by atoms with E-state index in [2.05, 4.69) is 223 Å². The van der Waals surface area contributed by atoms with E-state index < -0.39 is 5.41 Å². The van der Waals surface area contributed by atoms with Gasteiger partial charge < -0.3 is 19.9 Å². The van der Waals surface area contributed by atoms with Crippen molar-refractivity contribution in [2.45, 2.75) is 110 Å². The summed E-state index contributed by atoms with van der Waals surface area (Å²) in [4.78, 5) is 5.12. The first kappa shape index (κ1) is 60.9. The number of imidazole rings is 1. The number of aromatic hydroxyl groups is 1. The molecule has 11 rings (SSSR count). The number of ether oxygens (including phenoxy) is 2. The first-order valence-corrected chi connectivity index (χ1v) is 30.9. The number of hydrogen-bond donors (Lipinski definition) is 2. The summed E-state index contributed by atoms with van der Waals surface area (Å²) >= 11 is 0. The van der Waals surface area contributed by atoms with Crippen molar-refractivity contribution in [3.05, 3.63) is 298 Å². The minimum absolute atomic E-state index is 0.0323. The molecule has 0 unspecified atom stereocenters. The molecule has 0 aliphatic heterocycles. The number of hydrogen-bond acceptors (Lipinski definition) is 7. The number of rotatable bonds is 19. The zero-order valence-electron chi connectivity index (χ0n) is 52.8. The molecule has 0 bridgehead atoms. The van der Waals surface area contributed by atoms with Gasteiger partial charge in [-0.1, -0.05) is 250 Å². The molecule has 2 aromatic heterocycles. The highest BCUT2D eigenvalue weighted by atomic mass is 16.5. The third-order valence-electron chi connectivity index (χ3n) is 16.6. The number of phenolic OH excluding ortho intramolecular Hbond substituents is 1. The molecule has 9 aromatic carbocycles. The van der Waals surface area contributed by atoms with Crippen molar-refractivity contribution in [3.8, 4) is 63.1 Å². The van der Waals surface area contributed by atoms with E-state index in [1.807, 2.05) is 100 Å². The van der Waals surface area contributed by atoms with E-state index >= 15 is 0 Å². The first-order valence-electron chi connectivity index (χ1n) is 30.9. The highest BCUT2D eigenvalue weighted by Crippen LogP contribution is 2.47. The Kier molecular flexibility index (Phi) is 18.0. The predicted molar refractivity (Wildman–Crippen MR) is 361 cm³/mol. The molecule has 2 N–H and O–H groups in total. The van der Waals surface area contributed by atoms with Crippen LogP contribution in [0.4, 0.5) is 0 Å². The lowest BCUT2D eigenvalue weighted by atomic mass is 9.64. The number of nitrogens with one attached hydrogen (secondary N) is 1. The summed E-state index contributed by atoms with van der Waals surface area (Å²) in [6.07, 6.45) is 2.78. The summed E-state index contributed by atoms with van der Waals surface area (Å²) in [5, 5.41) is 23.4. The second-order valence-electron chi connectivity index (χ2n) is 26.1. The second-order valence-corrected chi connectivity index (χ2v) is 26.1. The Balaban J connectivity index is 0.683. The maximum atomic E-state index is 11.0. The van der Waals surface area contributed by atoms with E-state index in [0.717, 1.165) is 70.3 Å². The van der Waals surface area contributed by atoms with Crippen molar-refractivity contribution >= 4 is 0 Å². The molecule has 0 spiro atoms. The molecule has 0 aliphatic rings. The van der Waals surface area contributed by atoms with Crippen LogP contribution in [0.25, 0.3) is 33.9 Å². The van der Waals surface area contributed by atoms with E-state index in [-0.39, 0.29) is 22.0 Å². The summed E-state index contributed by atoms with van der Waals surface area (Å²) in [5.74, 6) is 5.69. The molecule has 0 radical (unpaired) electrons. The number of benzene rings is 9. The van der Waals surface area contributed by atoms with Crippen molar-refractivity contribution < 1.29 is 14.6 Å². The smallest absolute Gasteiger partial charge is 0.156 e. The van der Waals surface area contributed by atoms with Gasteiger partial charge in [0.1, 0.15) is 29.5 Å². The van der Waals surface area contributed by atoms with E-state index in [0.29, 0.717) is 31.1 Å². The van der Waals surface area contributed by atoms with Crippen LogP contribution in [0.15, 0.2) is 237 Å². The molecule has 0 saturated carbocycles. The zero-order valence-corrected chi connectivity index (χ0v) is 52.8. The maximum absolute atomic E-state index is 11.0. The van der Waals surface area contributed by atoms with E-state index in [1.54, 1.807) is 12.1 Å².